The Morgan fingerprint density at radius 3 is 2.60 bits per heavy atom. The molecule has 0 radical (unpaired) electrons. The zero-order chi connectivity index (χ0) is 20.3. The van der Waals surface area contributed by atoms with E-state index in [9.17, 15) is 0 Å². The van der Waals surface area contributed by atoms with Crippen LogP contribution in [0.5, 0.6) is 0 Å². The van der Waals surface area contributed by atoms with E-state index in [1.807, 2.05) is 19.2 Å². The van der Waals surface area contributed by atoms with Gasteiger partial charge in [-0.25, -0.2) is 9.97 Å². The van der Waals surface area contributed by atoms with Crippen LogP contribution in [0, 0.1) is 12.8 Å². The minimum absolute atomic E-state index is 0.438. The van der Waals surface area contributed by atoms with Crippen molar-refractivity contribution in [1.82, 2.24) is 20.0 Å². The second-order valence-electron chi connectivity index (χ2n) is 9.15. The SMILES string of the molecule is Cc1cc(-c2cnc(N3CCCCC3)nc2C2CCN(C[C@@H]3CCOC3)CC2)on1. The van der Waals surface area contributed by atoms with Crippen molar-refractivity contribution in [1.29, 1.82) is 0 Å². The molecule has 3 saturated heterocycles. The minimum atomic E-state index is 0.438. The molecule has 30 heavy (non-hydrogen) atoms. The predicted octanol–water partition coefficient (Wildman–Crippen LogP) is 3.65. The molecule has 0 amide bonds. The van der Waals surface area contributed by atoms with E-state index in [-0.39, 0.29) is 0 Å². The zero-order valence-corrected chi connectivity index (χ0v) is 18.1. The van der Waals surface area contributed by atoms with Crippen molar-refractivity contribution in [3.05, 3.63) is 23.7 Å². The number of anilines is 1. The highest BCUT2D eigenvalue weighted by atomic mass is 16.5. The molecule has 0 aliphatic carbocycles. The molecular formula is C23H33N5O2. The Kier molecular flexibility index (Phi) is 6.00. The Morgan fingerprint density at radius 1 is 1.07 bits per heavy atom. The number of aromatic nitrogens is 3. The Morgan fingerprint density at radius 2 is 1.90 bits per heavy atom. The summed E-state index contributed by atoms with van der Waals surface area (Å²) in [7, 11) is 0. The molecule has 1 atom stereocenters. The van der Waals surface area contributed by atoms with Crippen LogP contribution in [0.15, 0.2) is 16.8 Å². The topological polar surface area (TPSA) is 67.5 Å². The molecule has 7 nitrogen and oxygen atoms in total. The third kappa shape index (κ3) is 4.37. The van der Waals surface area contributed by atoms with Crippen LogP contribution in [-0.2, 0) is 4.74 Å². The van der Waals surface area contributed by atoms with Gasteiger partial charge in [-0.2, -0.15) is 0 Å². The summed E-state index contributed by atoms with van der Waals surface area (Å²) in [6.07, 6.45) is 9.20. The highest BCUT2D eigenvalue weighted by Crippen LogP contribution is 2.35. The van der Waals surface area contributed by atoms with Gasteiger partial charge in [-0.05, 0) is 64.5 Å². The molecule has 2 aromatic rings. The summed E-state index contributed by atoms with van der Waals surface area (Å²) >= 11 is 0. The first-order valence-electron chi connectivity index (χ1n) is 11.6. The lowest BCUT2D eigenvalue weighted by atomic mass is 9.89. The molecule has 0 N–H and O–H groups in total. The Labute approximate surface area is 178 Å². The standard InChI is InChI=1S/C23H33N5O2/c1-17-13-21(30-26-17)20-14-24-23(28-8-3-2-4-9-28)25-22(20)19-5-10-27(11-6-19)15-18-7-12-29-16-18/h13-14,18-19H,2-12,15-16H2,1H3/t18-/m0/s1. The predicted molar refractivity (Wildman–Crippen MR) is 116 cm³/mol. The number of hydrogen-bond acceptors (Lipinski definition) is 7. The van der Waals surface area contributed by atoms with Crippen LogP contribution in [0.1, 0.15) is 55.8 Å². The van der Waals surface area contributed by atoms with E-state index in [2.05, 4.69) is 15.0 Å². The van der Waals surface area contributed by atoms with E-state index in [1.54, 1.807) is 0 Å². The molecule has 2 aromatic heterocycles. The first kappa shape index (κ1) is 19.9. The third-order valence-corrected chi connectivity index (χ3v) is 6.85. The van der Waals surface area contributed by atoms with Gasteiger partial charge in [-0.1, -0.05) is 5.16 Å². The average molecular weight is 412 g/mol. The van der Waals surface area contributed by atoms with E-state index in [4.69, 9.17) is 19.2 Å². The van der Waals surface area contributed by atoms with Gasteiger partial charge in [0.1, 0.15) is 0 Å². The van der Waals surface area contributed by atoms with Crippen LogP contribution >= 0.6 is 0 Å². The lowest BCUT2D eigenvalue weighted by molar-refractivity contribution is 0.151. The molecule has 0 saturated carbocycles. The molecule has 3 aliphatic heterocycles. The van der Waals surface area contributed by atoms with Gasteiger partial charge in [-0.15, -0.1) is 0 Å². The van der Waals surface area contributed by atoms with Gasteiger partial charge in [0.25, 0.3) is 0 Å². The molecule has 0 bridgehead atoms. The number of ether oxygens (including phenoxy) is 1. The van der Waals surface area contributed by atoms with E-state index in [1.165, 1.54) is 32.2 Å². The van der Waals surface area contributed by atoms with Crippen molar-refractivity contribution < 1.29 is 9.26 Å². The summed E-state index contributed by atoms with van der Waals surface area (Å²) in [5, 5.41) is 4.10. The second kappa shape index (κ2) is 9.02. The second-order valence-corrected chi connectivity index (χ2v) is 9.15. The van der Waals surface area contributed by atoms with Crippen molar-refractivity contribution >= 4 is 5.95 Å². The molecule has 5 rings (SSSR count). The van der Waals surface area contributed by atoms with Gasteiger partial charge >= 0.3 is 0 Å². The Balaban J connectivity index is 1.36. The summed E-state index contributed by atoms with van der Waals surface area (Å²) in [6, 6.07) is 2.00. The monoisotopic (exact) mass is 411 g/mol. The molecule has 0 aromatic carbocycles. The molecule has 7 heteroatoms. The van der Waals surface area contributed by atoms with Crippen LogP contribution in [0.3, 0.4) is 0 Å². The molecule has 0 unspecified atom stereocenters. The number of piperidine rings is 2. The summed E-state index contributed by atoms with van der Waals surface area (Å²) in [4.78, 5) is 14.8. The highest BCUT2D eigenvalue weighted by Gasteiger charge is 2.29. The smallest absolute Gasteiger partial charge is 0.225 e. The normalized spacial score (nSPS) is 23.9. The highest BCUT2D eigenvalue weighted by molar-refractivity contribution is 5.61. The third-order valence-electron chi connectivity index (χ3n) is 6.85. The molecule has 162 valence electrons. The van der Waals surface area contributed by atoms with Gasteiger partial charge < -0.3 is 19.1 Å². The quantitative estimate of drug-likeness (QED) is 0.744. The fourth-order valence-corrected chi connectivity index (χ4v) is 5.10. The minimum Gasteiger partial charge on any atom is -0.381 e. The number of nitrogens with zero attached hydrogens (tertiary/aromatic N) is 5. The Bertz CT molecular complexity index is 834. The van der Waals surface area contributed by atoms with Crippen LogP contribution in [0.2, 0.25) is 0 Å². The van der Waals surface area contributed by atoms with Gasteiger partial charge in [0.05, 0.1) is 23.6 Å². The largest absolute Gasteiger partial charge is 0.381 e. The van der Waals surface area contributed by atoms with Crippen LogP contribution in [0.4, 0.5) is 5.95 Å². The van der Waals surface area contributed by atoms with E-state index in [0.717, 1.165) is 80.9 Å². The van der Waals surface area contributed by atoms with Crippen LogP contribution < -0.4 is 4.90 Å². The van der Waals surface area contributed by atoms with E-state index in [0.29, 0.717) is 11.8 Å². The average Bonchev–Trinajstić information content (AvgIpc) is 3.46. The number of aryl methyl sites for hydroxylation is 1. The number of hydrogen-bond donors (Lipinski definition) is 0. The van der Waals surface area contributed by atoms with Crippen molar-refractivity contribution in [3.63, 3.8) is 0 Å². The summed E-state index contributed by atoms with van der Waals surface area (Å²) in [5.74, 6) is 2.82. The van der Waals surface area contributed by atoms with Crippen molar-refractivity contribution in [2.75, 3.05) is 50.8 Å². The summed E-state index contributed by atoms with van der Waals surface area (Å²) in [5.41, 5.74) is 3.05. The van der Waals surface area contributed by atoms with Crippen molar-refractivity contribution in [2.24, 2.45) is 5.92 Å². The van der Waals surface area contributed by atoms with E-state index >= 15 is 0 Å². The van der Waals surface area contributed by atoms with Crippen LogP contribution in [-0.4, -0.2) is 66.0 Å². The zero-order valence-electron chi connectivity index (χ0n) is 18.1. The fourth-order valence-electron chi connectivity index (χ4n) is 5.10. The maximum absolute atomic E-state index is 5.61. The molecular weight excluding hydrogens is 378 g/mol. The van der Waals surface area contributed by atoms with Crippen molar-refractivity contribution in [2.45, 2.75) is 51.4 Å². The molecule has 0 spiro atoms. The molecule has 3 fully saturated rings. The molecule has 3 aliphatic rings. The number of rotatable bonds is 5. The summed E-state index contributed by atoms with van der Waals surface area (Å²) in [6.45, 7) is 9.36. The Hall–Kier alpha value is -1.99. The van der Waals surface area contributed by atoms with E-state index < -0.39 is 0 Å². The van der Waals surface area contributed by atoms with Gasteiger partial charge in [0.15, 0.2) is 5.76 Å². The molecule has 5 heterocycles. The number of likely N-dealkylation sites (tertiary alicyclic amines) is 1. The lowest BCUT2D eigenvalue weighted by Gasteiger charge is -2.34. The fraction of sp³-hybridized carbons (Fsp3) is 0.696. The van der Waals surface area contributed by atoms with Crippen LogP contribution in [0.25, 0.3) is 11.3 Å². The first-order valence-corrected chi connectivity index (χ1v) is 11.6. The first-order chi connectivity index (χ1) is 14.8. The van der Waals surface area contributed by atoms with Gasteiger partial charge in [0, 0.05) is 44.4 Å². The van der Waals surface area contributed by atoms with Crippen molar-refractivity contribution in [3.8, 4) is 11.3 Å². The summed E-state index contributed by atoms with van der Waals surface area (Å²) < 4.78 is 11.2. The maximum Gasteiger partial charge on any atom is 0.225 e. The van der Waals surface area contributed by atoms with Gasteiger partial charge in [0.2, 0.25) is 5.95 Å². The lowest BCUT2D eigenvalue weighted by Crippen LogP contribution is -2.37. The maximum atomic E-state index is 5.61. The van der Waals surface area contributed by atoms with Gasteiger partial charge in [-0.3, -0.25) is 0 Å².